The molecule has 0 bridgehead atoms. The van der Waals surface area contributed by atoms with Gasteiger partial charge >= 0.3 is 0 Å². The molecule has 86 valence electrons. The van der Waals surface area contributed by atoms with Gasteiger partial charge in [0.2, 0.25) is 5.91 Å². The third-order valence-corrected chi connectivity index (χ3v) is 2.75. The molecule has 0 aliphatic carbocycles. The number of carbonyl (C=O) groups excluding carboxylic acids is 1. The number of pyridine rings is 1. The highest BCUT2D eigenvalue weighted by molar-refractivity contribution is 5.84. The Morgan fingerprint density at radius 1 is 1.62 bits per heavy atom. The van der Waals surface area contributed by atoms with Crippen LogP contribution in [-0.2, 0) is 4.79 Å². The maximum absolute atomic E-state index is 13.3. The summed E-state index contributed by atoms with van der Waals surface area (Å²) in [7, 11) is 0. The zero-order valence-electron chi connectivity index (χ0n) is 9.06. The molecule has 1 aromatic heterocycles. The van der Waals surface area contributed by atoms with Gasteiger partial charge in [0.1, 0.15) is 18.0 Å². The molecule has 0 aromatic carbocycles. The van der Waals surface area contributed by atoms with Crippen LogP contribution in [-0.4, -0.2) is 29.6 Å². The zero-order chi connectivity index (χ0) is 11.7. The van der Waals surface area contributed by atoms with Gasteiger partial charge in [-0.1, -0.05) is 6.07 Å². The number of hydrogen-bond donors (Lipinski definition) is 1. The molecule has 1 saturated heterocycles. The number of hydrogen-bond acceptors (Lipinski definition) is 3. The molecule has 0 radical (unpaired) electrons. The maximum atomic E-state index is 13.3. The van der Waals surface area contributed by atoms with E-state index in [1.54, 1.807) is 11.0 Å². The van der Waals surface area contributed by atoms with E-state index >= 15 is 0 Å². The molecule has 0 spiro atoms. The van der Waals surface area contributed by atoms with E-state index in [1.165, 1.54) is 0 Å². The van der Waals surface area contributed by atoms with E-state index in [4.69, 9.17) is 5.73 Å². The van der Waals surface area contributed by atoms with Gasteiger partial charge in [0.25, 0.3) is 0 Å². The smallest absolute Gasteiger partial charge is 0.240 e. The minimum Gasteiger partial charge on any atom is -0.368 e. The van der Waals surface area contributed by atoms with E-state index in [9.17, 15) is 9.18 Å². The van der Waals surface area contributed by atoms with Crippen LogP contribution in [0.1, 0.15) is 12.1 Å². The van der Waals surface area contributed by atoms with Crippen molar-refractivity contribution in [2.24, 2.45) is 5.73 Å². The highest BCUT2D eigenvalue weighted by Crippen LogP contribution is 2.25. The third-order valence-electron chi connectivity index (χ3n) is 2.75. The molecule has 2 N–H and O–H groups in total. The summed E-state index contributed by atoms with van der Waals surface area (Å²) in [5.74, 6) is 0.118. The SMILES string of the molecule is Cc1cccc(N2C[C@H](F)C[C@H]2C(N)=O)n1. The lowest BCUT2D eigenvalue weighted by Gasteiger charge is -2.22. The first-order valence-electron chi connectivity index (χ1n) is 5.21. The fourth-order valence-electron chi connectivity index (χ4n) is 2.00. The van der Waals surface area contributed by atoms with Crippen LogP contribution in [0.3, 0.4) is 0 Å². The number of carbonyl (C=O) groups is 1. The minimum absolute atomic E-state index is 0.158. The average molecular weight is 223 g/mol. The van der Waals surface area contributed by atoms with Gasteiger partial charge in [-0.25, -0.2) is 9.37 Å². The fourth-order valence-corrected chi connectivity index (χ4v) is 2.00. The number of halogens is 1. The van der Waals surface area contributed by atoms with Crippen LogP contribution in [0.2, 0.25) is 0 Å². The number of anilines is 1. The molecule has 16 heavy (non-hydrogen) atoms. The van der Waals surface area contributed by atoms with Crippen molar-refractivity contribution in [3.05, 3.63) is 23.9 Å². The Morgan fingerprint density at radius 2 is 2.38 bits per heavy atom. The summed E-state index contributed by atoms with van der Waals surface area (Å²) >= 11 is 0. The molecule has 0 unspecified atom stereocenters. The van der Waals surface area contributed by atoms with Crippen molar-refractivity contribution in [3.8, 4) is 0 Å². The quantitative estimate of drug-likeness (QED) is 0.806. The normalized spacial score (nSPS) is 24.8. The number of rotatable bonds is 2. The molecule has 1 fully saturated rings. The van der Waals surface area contributed by atoms with Crippen molar-refractivity contribution in [2.75, 3.05) is 11.4 Å². The topological polar surface area (TPSA) is 59.2 Å². The summed E-state index contributed by atoms with van der Waals surface area (Å²) in [6.45, 7) is 2.04. The molecule has 2 rings (SSSR count). The Bertz CT molecular complexity index is 410. The largest absolute Gasteiger partial charge is 0.368 e. The molecule has 5 heteroatoms. The van der Waals surface area contributed by atoms with Gasteiger partial charge < -0.3 is 10.6 Å². The van der Waals surface area contributed by atoms with Gasteiger partial charge in [-0.15, -0.1) is 0 Å². The highest BCUT2D eigenvalue weighted by atomic mass is 19.1. The van der Waals surface area contributed by atoms with E-state index in [0.717, 1.165) is 5.69 Å². The number of aryl methyl sites for hydroxylation is 1. The highest BCUT2D eigenvalue weighted by Gasteiger charge is 2.36. The summed E-state index contributed by atoms with van der Waals surface area (Å²) in [5, 5.41) is 0. The van der Waals surface area contributed by atoms with Crippen LogP contribution < -0.4 is 10.6 Å². The molecule has 2 atom stereocenters. The third kappa shape index (κ3) is 1.98. The molecule has 0 saturated carbocycles. The van der Waals surface area contributed by atoms with Crippen molar-refractivity contribution < 1.29 is 9.18 Å². The van der Waals surface area contributed by atoms with Crippen LogP contribution in [0.25, 0.3) is 0 Å². The lowest BCUT2D eigenvalue weighted by Crippen LogP contribution is -2.40. The van der Waals surface area contributed by atoms with E-state index in [2.05, 4.69) is 4.98 Å². The predicted octanol–water partition coefficient (Wildman–Crippen LogP) is 0.792. The fraction of sp³-hybridized carbons (Fsp3) is 0.455. The van der Waals surface area contributed by atoms with Crippen LogP contribution in [0.15, 0.2) is 18.2 Å². The molecule has 1 aliphatic heterocycles. The lowest BCUT2D eigenvalue weighted by molar-refractivity contribution is -0.119. The Kier molecular flexibility index (Phi) is 2.77. The van der Waals surface area contributed by atoms with Crippen LogP contribution in [0.5, 0.6) is 0 Å². The number of nitrogens with zero attached hydrogens (tertiary/aromatic N) is 2. The van der Waals surface area contributed by atoms with Crippen molar-refractivity contribution in [1.29, 1.82) is 0 Å². The summed E-state index contributed by atoms with van der Waals surface area (Å²) in [6, 6.07) is 4.87. The average Bonchev–Trinajstić information content (AvgIpc) is 2.60. The van der Waals surface area contributed by atoms with Crippen LogP contribution in [0.4, 0.5) is 10.2 Å². The number of alkyl halides is 1. The summed E-state index contributed by atoms with van der Waals surface area (Å²) in [4.78, 5) is 17.1. The molecule has 2 heterocycles. The van der Waals surface area contributed by atoms with Gasteiger partial charge in [0, 0.05) is 12.1 Å². The summed E-state index contributed by atoms with van der Waals surface area (Å²) in [5.41, 5.74) is 6.09. The Balaban J connectivity index is 2.28. The number of aromatic nitrogens is 1. The number of nitrogens with two attached hydrogens (primary N) is 1. The monoisotopic (exact) mass is 223 g/mol. The van der Waals surface area contributed by atoms with Crippen molar-refractivity contribution in [1.82, 2.24) is 4.98 Å². The zero-order valence-corrected chi connectivity index (χ0v) is 9.06. The van der Waals surface area contributed by atoms with E-state index in [1.807, 2.05) is 19.1 Å². The maximum Gasteiger partial charge on any atom is 0.240 e. The first-order chi connectivity index (χ1) is 7.58. The number of primary amides is 1. The van der Waals surface area contributed by atoms with Crippen LogP contribution in [0, 0.1) is 6.92 Å². The van der Waals surface area contributed by atoms with Gasteiger partial charge in [-0.3, -0.25) is 4.79 Å². The van der Waals surface area contributed by atoms with Crippen molar-refractivity contribution >= 4 is 11.7 Å². The van der Waals surface area contributed by atoms with Crippen LogP contribution >= 0.6 is 0 Å². The van der Waals surface area contributed by atoms with E-state index in [-0.39, 0.29) is 13.0 Å². The first-order valence-corrected chi connectivity index (χ1v) is 5.21. The first kappa shape index (κ1) is 10.9. The van der Waals surface area contributed by atoms with Crippen molar-refractivity contribution in [3.63, 3.8) is 0 Å². The van der Waals surface area contributed by atoms with E-state index in [0.29, 0.717) is 5.82 Å². The summed E-state index contributed by atoms with van der Waals surface area (Å²) in [6.07, 6.45) is -0.856. The van der Waals surface area contributed by atoms with Gasteiger partial charge in [0.05, 0.1) is 6.54 Å². The Morgan fingerprint density at radius 3 is 3.00 bits per heavy atom. The van der Waals surface area contributed by atoms with Gasteiger partial charge in [0.15, 0.2) is 0 Å². The standard InChI is InChI=1S/C11H14FN3O/c1-7-3-2-4-10(14-7)15-6-8(12)5-9(15)11(13)16/h2-4,8-9H,5-6H2,1H3,(H2,13,16)/t8-,9+/m1/s1. The molecule has 4 nitrogen and oxygen atoms in total. The second-order valence-corrected chi connectivity index (χ2v) is 4.04. The summed E-state index contributed by atoms with van der Waals surface area (Å²) < 4.78 is 13.3. The second kappa shape index (κ2) is 4.08. The Hall–Kier alpha value is -1.65. The molecule has 1 aliphatic rings. The minimum atomic E-state index is -1.01. The van der Waals surface area contributed by atoms with Crippen molar-refractivity contribution in [2.45, 2.75) is 25.6 Å². The van der Waals surface area contributed by atoms with E-state index < -0.39 is 18.1 Å². The molecular weight excluding hydrogens is 209 g/mol. The van der Waals surface area contributed by atoms with Gasteiger partial charge in [-0.2, -0.15) is 0 Å². The molecule has 1 aromatic rings. The lowest BCUT2D eigenvalue weighted by atomic mass is 10.2. The molecule has 1 amide bonds. The van der Waals surface area contributed by atoms with Gasteiger partial charge in [-0.05, 0) is 19.1 Å². The Labute approximate surface area is 93.3 Å². The second-order valence-electron chi connectivity index (χ2n) is 4.04. The predicted molar refractivity (Wildman–Crippen MR) is 58.8 cm³/mol. The number of amides is 1. The molecular formula is C11H14FN3O.